The van der Waals surface area contributed by atoms with Crippen molar-refractivity contribution in [1.82, 2.24) is 10.2 Å². The van der Waals surface area contributed by atoms with Crippen LogP contribution in [0.1, 0.15) is 32.1 Å². The molecule has 0 bridgehead atoms. The molecule has 0 heterocycles. The van der Waals surface area contributed by atoms with Gasteiger partial charge in [0, 0.05) is 19.7 Å². The molecule has 1 saturated carbocycles. The molecule has 0 unspecified atom stereocenters. The van der Waals surface area contributed by atoms with E-state index in [1.807, 2.05) is 0 Å². The Morgan fingerprint density at radius 2 is 2.00 bits per heavy atom. The van der Waals surface area contributed by atoms with Crippen LogP contribution in [0.2, 0.25) is 0 Å². The molecule has 0 atom stereocenters. The number of nitrogens with one attached hydrogen (secondary N) is 1. The van der Waals surface area contributed by atoms with E-state index < -0.39 is 0 Å². The van der Waals surface area contributed by atoms with Crippen LogP contribution in [0.4, 0.5) is 0 Å². The van der Waals surface area contributed by atoms with Crippen LogP contribution in [0.3, 0.4) is 0 Å². The van der Waals surface area contributed by atoms with Crippen LogP contribution < -0.4 is 5.32 Å². The predicted octanol–water partition coefficient (Wildman–Crippen LogP) is 1.49. The molecule has 0 spiro atoms. The largest absolute Gasteiger partial charge is 0.383 e. The normalized spacial score (nSPS) is 16.2. The van der Waals surface area contributed by atoms with E-state index in [1.54, 1.807) is 7.11 Å². The summed E-state index contributed by atoms with van der Waals surface area (Å²) < 4.78 is 5.04. The number of hydrogen-bond acceptors (Lipinski definition) is 3. The number of ether oxygens (including phenoxy) is 1. The molecule has 0 amide bonds. The van der Waals surface area contributed by atoms with E-state index >= 15 is 0 Å². The minimum atomic E-state index is 0.847. The van der Waals surface area contributed by atoms with Gasteiger partial charge in [-0.3, -0.25) is 0 Å². The molecule has 1 aliphatic rings. The molecule has 1 N–H and O–H groups in total. The SMILES string of the molecule is COCCN(C)CCCCCNC1CC1. The average Bonchev–Trinajstić information content (AvgIpc) is 3.04. The quantitative estimate of drug-likeness (QED) is 0.558. The van der Waals surface area contributed by atoms with Crippen molar-refractivity contribution in [3.63, 3.8) is 0 Å². The van der Waals surface area contributed by atoms with E-state index in [2.05, 4.69) is 17.3 Å². The van der Waals surface area contributed by atoms with Gasteiger partial charge < -0.3 is 15.0 Å². The number of rotatable bonds is 10. The van der Waals surface area contributed by atoms with Crippen LogP contribution in [0, 0.1) is 0 Å². The smallest absolute Gasteiger partial charge is 0.0589 e. The first-order chi connectivity index (χ1) is 7.33. The van der Waals surface area contributed by atoms with Crippen molar-refractivity contribution in [3.05, 3.63) is 0 Å². The molecule has 3 nitrogen and oxygen atoms in total. The Morgan fingerprint density at radius 3 is 2.67 bits per heavy atom. The van der Waals surface area contributed by atoms with Gasteiger partial charge in [-0.05, 0) is 45.8 Å². The van der Waals surface area contributed by atoms with E-state index in [0.717, 1.165) is 19.2 Å². The van der Waals surface area contributed by atoms with Gasteiger partial charge in [0.2, 0.25) is 0 Å². The van der Waals surface area contributed by atoms with Gasteiger partial charge in [-0.25, -0.2) is 0 Å². The highest BCUT2D eigenvalue weighted by atomic mass is 16.5. The zero-order valence-corrected chi connectivity index (χ0v) is 10.3. The Bertz CT molecular complexity index is 149. The summed E-state index contributed by atoms with van der Waals surface area (Å²) >= 11 is 0. The standard InChI is InChI=1S/C12H26N2O/c1-14(10-11-15-2)9-5-3-4-8-13-12-6-7-12/h12-13H,3-11H2,1-2H3. The molecule has 0 saturated heterocycles. The van der Waals surface area contributed by atoms with Gasteiger partial charge >= 0.3 is 0 Å². The summed E-state index contributed by atoms with van der Waals surface area (Å²) in [6.45, 7) is 4.32. The van der Waals surface area contributed by atoms with Crippen molar-refractivity contribution in [1.29, 1.82) is 0 Å². The second-order valence-corrected chi connectivity index (χ2v) is 4.59. The minimum Gasteiger partial charge on any atom is -0.383 e. The van der Waals surface area contributed by atoms with Crippen molar-refractivity contribution in [2.45, 2.75) is 38.1 Å². The summed E-state index contributed by atoms with van der Waals surface area (Å²) in [6.07, 6.45) is 6.79. The molecular formula is C12H26N2O. The molecule has 15 heavy (non-hydrogen) atoms. The van der Waals surface area contributed by atoms with Gasteiger partial charge in [-0.15, -0.1) is 0 Å². The maximum absolute atomic E-state index is 5.04. The molecule has 0 aromatic heterocycles. The first kappa shape index (κ1) is 12.9. The van der Waals surface area contributed by atoms with Crippen LogP contribution >= 0.6 is 0 Å². The Balaban J connectivity index is 1.74. The second kappa shape index (κ2) is 8.08. The van der Waals surface area contributed by atoms with Crippen molar-refractivity contribution in [3.8, 4) is 0 Å². The molecule has 0 aromatic rings. The van der Waals surface area contributed by atoms with Gasteiger partial charge in [0.15, 0.2) is 0 Å². The van der Waals surface area contributed by atoms with Crippen LogP contribution in [0.25, 0.3) is 0 Å². The fraction of sp³-hybridized carbons (Fsp3) is 1.00. The Labute approximate surface area is 94.2 Å². The first-order valence-electron chi connectivity index (χ1n) is 6.24. The zero-order valence-electron chi connectivity index (χ0n) is 10.3. The highest BCUT2D eigenvalue weighted by Gasteiger charge is 2.19. The van der Waals surface area contributed by atoms with Crippen molar-refractivity contribution >= 4 is 0 Å². The van der Waals surface area contributed by atoms with E-state index in [-0.39, 0.29) is 0 Å². The molecule has 1 fully saturated rings. The third-order valence-corrected chi connectivity index (χ3v) is 2.90. The summed E-state index contributed by atoms with van der Waals surface area (Å²) in [4.78, 5) is 2.35. The average molecular weight is 214 g/mol. The monoisotopic (exact) mass is 214 g/mol. The van der Waals surface area contributed by atoms with E-state index in [9.17, 15) is 0 Å². The maximum Gasteiger partial charge on any atom is 0.0589 e. The predicted molar refractivity (Wildman–Crippen MR) is 64.2 cm³/mol. The van der Waals surface area contributed by atoms with Gasteiger partial charge in [0.05, 0.1) is 6.61 Å². The highest BCUT2D eigenvalue weighted by Crippen LogP contribution is 2.18. The van der Waals surface area contributed by atoms with E-state index in [1.165, 1.54) is 45.2 Å². The van der Waals surface area contributed by atoms with E-state index in [4.69, 9.17) is 4.74 Å². The molecule has 1 rings (SSSR count). The summed E-state index contributed by atoms with van der Waals surface area (Å²) in [6, 6.07) is 0.870. The lowest BCUT2D eigenvalue weighted by molar-refractivity contribution is 0.160. The number of nitrogens with zero attached hydrogens (tertiary/aromatic N) is 1. The lowest BCUT2D eigenvalue weighted by Crippen LogP contribution is -2.24. The lowest BCUT2D eigenvalue weighted by Gasteiger charge is -2.15. The summed E-state index contributed by atoms with van der Waals surface area (Å²) in [7, 11) is 3.93. The number of unbranched alkanes of at least 4 members (excludes halogenated alkanes) is 2. The summed E-state index contributed by atoms with van der Waals surface area (Å²) in [5.41, 5.74) is 0. The third-order valence-electron chi connectivity index (χ3n) is 2.90. The molecule has 90 valence electrons. The number of likely N-dealkylation sites (N-methyl/N-ethyl adjacent to an activating group) is 1. The van der Waals surface area contributed by atoms with Crippen molar-refractivity contribution in [2.24, 2.45) is 0 Å². The van der Waals surface area contributed by atoms with Gasteiger partial charge in [0.25, 0.3) is 0 Å². The lowest BCUT2D eigenvalue weighted by atomic mass is 10.2. The van der Waals surface area contributed by atoms with E-state index in [0.29, 0.717) is 0 Å². The van der Waals surface area contributed by atoms with Gasteiger partial charge in [-0.2, -0.15) is 0 Å². The zero-order chi connectivity index (χ0) is 10.9. The Hall–Kier alpha value is -0.120. The molecule has 3 heteroatoms. The number of methoxy groups -OCH3 is 1. The van der Waals surface area contributed by atoms with Crippen molar-refractivity contribution in [2.75, 3.05) is 40.4 Å². The fourth-order valence-electron chi connectivity index (χ4n) is 1.64. The molecule has 1 aliphatic carbocycles. The maximum atomic E-state index is 5.04. The highest BCUT2D eigenvalue weighted by molar-refractivity contribution is 4.80. The summed E-state index contributed by atoms with van der Waals surface area (Å²) in [5.74, 6) is 0. The molecule has 0 radical (unpaired) electrons. The van der Waals surface area contributed by atoms with Crippen molar-refractivity contribution < 1.29 is 4.74 Å². The van der Waals surface area contributed by atoms with Crippen LogP contribution in [0.15, 0.2) is 0 Å². The minimum absolute atomic E-state index is 0.847. The Morgan fingerprint density at radius 1 is 1.20 bits per heavy atom. The topological polar surface area (TPSA) is 24.5 Å². The summed E-state index contributed by atoms with van der Waals surface area (Å²) in [5, 5.41) is 3.55. The molecule has 0 aromatic carbocycles. The Kier molecular flexibility index (Phi) is 6.98. The van der Waals surface area contributed by atoms with Crippen LogP contribution in [0.5, 0.6) is 0 Å². The second-order valence-electron chi connectivity index (χ2n) is 4.59. The number of hydrogen-bond donors (Lipinski definition) is 1. The first-order valence-corrected chi connectivity index (χ1v) is 6.24. The molecule has 0 aliphatic heterocycles. The molecular weight excluding hydrogens is 188 g/mol. The van der Waals surface area contributed by atoms with Crippen LogP contribution in [-0.4, -0.2) is 51.3 Å². The third kappa shape index (κ3) is 7.77. The van der Waals surface area contributed by atoms with Crippen LogP contribution in [-0.2, 0) is 4.74 Å². The van der Waals surface area contributed by atoms with Gasteiger partial charge in [0.1, 0.15) is 0 Å². The fourth-order valence-corrected chi connectivity index (χ4v) is 1.64. The van der Waals surface area contributed by atoms with Gasteiger partial charge in [-0.1, -0.05) is 6.42 Å².